The molecule has 0 unspecified atom stereocenters. The molecular formula is C23H32FN3. The van der Waals surface area contributed by atoms with Gasteiger partial charge in [-0.3, -0.25) is 4.90 Å². The molecule has 0 radical (unpaired) electrons. The molecular weight excluding hydrogens is 337 g/mol. The van der Waals surface area contributed by atoms with Crippen LogP contribution in [-0.2, 0) is 0 Å². The van der Waals surface area contributed by atoms with Gasteiger partial charge in [0.15, 0.2) is 0 Å². The van der Waals surface area contributed by atoms with Crippen LogP contribution < -0.4 is 4.90 Å². The van der Waals surface area contributed by atoms with Gasteiger partial charge in [0.05, 0.1) is 5.69 Å². The summed E-state index contributed by atoms with van der Waals surface area (Å²) in [6.45, 7) is 7.86. The van der Waals surface area contributed by atoms with Gasteiger partial charge >= 0.3 is 0 Å². The minimum Gasteiger partial charge on any atom is -0.367 e. The molecule has 5 rings (SSSR count). The second kappa shape index (κ2) is 7.56. The number of rotatable bonds is 4. The van der Waals surface area contributed by atoms with Gasteiger partial charge in [0.2, 0.25) is 0 Å². The van der Waals surface area contributed by atoms with E-state index in [1.165, 1.54) is 45.3 Å². The minimum atomic E-state index is -0.0882. The number of piperazine rings is 1. The third-order valence-corrected chi connectivity index (χ3v) is 7.49. The van der Waals surface area contributed by atoms with Crippen LogP contribution in [-0.4, -0.2) is 61.7 Å². The fourth-order valence-electron chi connectivity index (χ4n) is 5.94. The molecule has 0 aromatic heterocycles. The maximum absolute atomic E-state index is 14.0. The van der Waals surface area contributed by atoms with Crippen LogP contribution in [0.5, 0.6) is 0 Å². The summed E-state index contributed by atoms with van der Waals surface area (Å²) in [5, 5.41) is 0. The Morgan fingerprint density at radius 2 is 1.67 bits per heavy atom. The summed E-state index contributed by atoms with van der Waals surface area (Å²) in [6.07, 6.45) is 10.4. The van der Waals surface area contributed by atoms with Gasteiger partial charge in [-0.1, -0.05) is 24.3 Å². The van der Waals surface area contributed by atoms with E-state index in [4.69, 9.17) is 0 Å². The molecule has 3 atom stereocenters. The fourth-order valence-corrected chi connectivity index (χ4v) is 5.94. The normalized spacial score (nSPS) is 32.5. The molecule has 0 spiro atoms. The topological polar surface area (TPSA) is 9.72 Å². The van der Waals surface area contributed by atoms with Crippen molar-refractivity contribution < 1.29 is 4.39 Å². The lowest BCUT2D eigenvalue weighted by molar-refractivity contribution is 0.0918. The molecule has 1 aromatic rings. The van der Waals surface area contributed by atoms with E-state index in [-0.39, 0.29) is 5.82 Å². The first-order valence-corrected chi connectivity index (χ1v) is 10.9. The largest absolute Gasteiger partial charge is 0.367 e. The van der Waals surface area contributed by atoms with E-state index in [9.17, 15) is 4.39 Å². The minimum absolute atomic E-state index is 0.0882. The average Bonchev–Trinajstić information content (AvgIpc) is 3.32. The summed E-state index contributed by atoms with van der Waals surface area (Å²) >= 11 is 0. The smallest absolute Gasteiger partial charge is 0.146 e. The van der Waals surface area contributed by atoms with E-state index in [2.05, 4.69) is 26.9 Å². The van der Waals surface area contributed by atoms with Crippen molar-refractivity contribution >= 4 is 5.69 Å². The maximum atomic E-state index is 14.0. The van der Waals surface area contributed by atoms with E-state index >= 15 is 0 Å². The quantitative estimate of drug-likeness (QED) is 0.751. The van der Waals surface area contributed by atoms with Crippen LogP contribution in [0, 0.1) is 23.6 Å². The van der Waals surface area contributed by atoms with E-state index in [0.717, 1.165) is 55.7 Å². The highest BCUT2D eigenvalue weighted by Gasteiger charge is 2.37. The van der Waals surface area contributed by atoms with Crippen molar-refractivity contribution in [2.24, 2.45) is 17.8 Å². The van der Waals surface area contributed by atoms with Gasteiger partial charge in [-0.15, -0.1) is 0 Å². The van der Waals surface area contributed by atoms with E-state index < -0.39 is 0 Å². The Hall–Kier alpha value is -1.39. The maximum Gasteiger partial charge on any atom is 0.146 e. The van der Waals surface area contributed by atoms with Gasteiger partial charge in [0, 0.05) is 38.8 Å². The third-order valence-electron chi connectivity index (χ3n) is 7.49. The molecule has 0 N–H and O–H groups in total. The molecule has 1 aromatic carbocycles. The number of hydrogen-bond donors (Lipinski definition) is 0. The Labute approximate surface area is 162 Å². The first-order valence-electron chi connectivity index (χ1n) is 10.9. The first kappa shape index (κ1) is 17.7. The lowest BCUT2D eigenvalue weighted by Gasteiger charge is -2.44. The van der Waals surface area contributed by atoms with Crippen LogP contribution in [0.4, 0.5) is 10.1 Å². The Morgan fingerprint density at radius 1 is 0.889 bits per heavy atom. The predicted octanol–water partition coefficient (Wildman–Crippen LogP) is 3.62. The summed E-state index contributed by atoms with van der Waals surface area (Å²) in [4.78, 5) is 7.60. The number of hydrogen-bond acceptors (Lipinski definition) is 3. The zero-order valence-corrected chi connectivity index (χ0v) is 16.3. The second-order valence-electron chi connectivity index (χ2n) is 9.05. The SMILES string of the molecule is Fc1ccccc1N1CCN(C2CCN(C[C@H]3C[C@@H]4C=C[C@H]3C4)CC2)CC1. The number of para-hydroxylation sites is 1. The predicted molar refractivity (Wildman–Crippen MR) is 108 cm³/mol. The highest BCUT2D eigenvalue weighted by atomic mass is 19.1. The Morgan fingerprint density at radius 3 is 2.33 bits per heavy atom. The van der Waals surface area contributed by atoms with Crippen LogP contribution in [0.15, 0.2) is 36.4 Å². The molecule has 2 bridgehead atoms. The molecule has 4 heteroatoms. The zero-order chi connectivity index (χ0) is 18.2. The summed E-state index contributed by atoms with van der Waals surface area (Å²) in [6, 6.07) is 7.92. The number of fused-ring (bicyclic) bond motifs is 2. The lowest BCUT2D eigenvalue weighted by atomic mass is 9.92. The average molecular weight is 370 g/mol. The van der Waals surface area contributed by atoms with Crippen LogP contribution in [0.3, 0.4) is 0 Å². The summed E-state index contributed by atoms with van der Waals surface area (Å²) in [5.41, 5.74) is 0.770. The van der Waals surface area contributed by atoms with Crippen molar-refractivity contribution in [3.05, 3.63) is 42.2 Å². The number of likely N-dealkylation sites (tertiary alicyclic amines) is 1. The number of nitrogens with zero attached hydrogens (tertiary/aromatic N) is 3. The molecule has 146 valence electrons. The lowest BCUT2D eigenvalue weighted by Crippen LogP contribution is -2.53. The Bertz CT molecular complexity index is 674. The highest BCUT2D eigenvalue weighted by Crippen LogP contribution is 2.43. The highest BCUT2D eigenvalue weighted by molar-refractivity contribution is 5.48. The van der Waals surface area contributed by atoms with Crippen LogP contribution >= 0.6 is 0 Å². The standard InChI is InChI=1S/C23H32FN3/c24-22-3-1-2-4-23(22)27-13-11-26(12-14-27)21-7-9-25(10-8-21)17-20-16-18-5-6-19(20)15-18/h1-6,18-21H,7-17H2/t18-,19+,20-/m1/s1. The number of benzene rings is 1. The molecule has 2 heterocycles. The molecule has 27 heavy (non-hydrogen) atoms. The first-order chi connectivity index (χ1) is 13.3. The van der Waals surface area contributed by atoms with Crippen molar-refractivity contribution in [3.8, 4) is 0 Å². The molecule has 2 aliphatic heterocycles. The molecule has 2 saturated heterocycles. The van der Waals surface area contributed by atoms with Gasteiger partial charge in [-0.25, -0.2) is 4.39 Å². The summed E-state index contributed by atoms with van der Waals surface area (Å²) in [5.74, 6) is 2.60. The number of anilines is 1. The number of halogens is 1. The Kier molecular flexibility index (Phi) is 4.95. The van der Waals surface area contributed by atoms with Gasteiger partial charge in [-0.05, 0) is 68.7 Å². The van der Waals surface area contributed by atoms with E-state index in [1.54, 1.807) is 12.1 Å². The summed E-state index contributed by atoms with van der Waals surface area (Å²) < 4.78 is 14.0. The molecule has 1 saturated carbocycles. The van der Waals surface area contributed by atoms with Gasteiger partial charge in [0.1, 0.15) is 5.82 Å². The van der Waals surface area contributed by atoms with E-state index in [1.807, 2.05) is 12.1 Å². The van der Waals surface area contributed by atoms with Crippen LogP contribution in [0.25, 0.3) is 0 Å². The Balaban J connectivity index is 1.08. The molecule has 3 nitrogen and oxygen atoms in total. The van der Waals surface area contributed by atoms with Crippen LogP contribution in [0.1, 0.15) is 25.7 Å². The molecule has 2 aliphatic carbocycles. The number of piperidine rings is 1. The van der Waals surface area contributed by atoms with Crippen LogP contribution in [0.2, 0.25) is 0 Å². The molecule has 0 amide bonds. The van der Waals surface area contributed by atoms with Gasteiger partial charge in [-0.2, -0.15) is 0 Å². The molecule has 4 aliphatic rings. The van der Waals surface area contributed by atoms with Crippen molar-refractivity contribution in [1.82, 2.24) is 9.80 Å². The fraction of sp³-hybridized carbons (Fsp3) is 0.652. The molecule has 3 fully saturated rings. The zero-order valence-electron chi connectivity index (χ0n) is 16.3. The summed E-state index contributed by atoms with van der Waals surface area (Å²) in [7, 11) is 0. The van der Waals surface area contributed by atoms with Crippen molar-refractivity contribution in [2.75, 3.05) is 50.7 Å². The van der Waals surface area contributed by atoms with E-state index in [0.29, 0.717) is 0 Å². The van der Waals surface area contributed by atoms with Gasteiger partial charge in [0.25, 0.3) is 0 Å². The monoisotopic (exact) mass is 369 g/mol. The van der Waals surface area contributed by atoms with Gasteiger partial charge < -0.3 is 9.80 Å². The second-order valence-corrected chi connectivity index (χ2v) is 9.05. The van der Waals surface area contributed by atoms with Crippen molar-refractivity contribution in [1.29, 1.82) is 0 Å². The number of allylic oxidation sites excluding steroid dienone is 2. The third kappa shape index (κ3) is 3.66. The van der Waals surface area contributed by atoms with Crippen molar-refractivity contribution in [3.63, 3.8) is 0 Å². The van der Waals surface area contributed by atoms with Crippen molar-refractivity contribution in [2.45, 2.75) is 31.7 Å².